The maximum absolute atomic E-state index is 12.8. The first-order valence-electron chi connectivity index (χ1n) is 10.2. The highest BCUT2D eigenvalue weighted by Crippen LogP contribution is 2.32. The van der Waals surface area contributed by atoms with Crippen LogP contribution in [0.15, 0.2) is 65.6 Å². The molecule has 0 saturated carbocycles. The third-order valence-corrected chi connectivity index (χ3v) is 4.91. The number of amides is 2. The van der Waals surface area contributed by atoms with Gasteiger partial charge in [-0.05, 0) is 41.1 Å². The maximum atomic E-state index is 12.8. The van der Waals surface area contributed by atoms with Gasteiger partial charge >= 0.3 is 6.18 Å². The van der Waals surface area contributed by atoms with Gasteiger partial charge in [-0.1, -0.05) is 24.3 Å². The summed E-state index contributed by atoms with van der Waals surface area (Å²) < 4.78 is 50.2. The van der Waals surface area contributed by atoms with Crippen molar-refractivity contribution in [3.05, 3.63) is 83.2 Å². The number of methoxy groups -OCH3 is 1. The molecular formula is C23H19F3N6O3. The Hall–Kier alpha value is -4.48. The first kappa shape index (κ1) is 23.7. The van der Waals surface area contributed by atoms with E-state index in [2.05, 4.69) is 25.9 Å². The first-order chi connectivity index (χ1) is 16.7. The van der Waals surface area contributed by atoms with E-state index in [4.69, 9.17) is 9.26 Å². The summed E-state index contributed by atoms with van der Waals surface area (Å²) in [6, 6.07) is 8.88. The van der Waals surface area contributed by atoms with Crippen molar-refractivity contribution in [2.45, 2.75) is 19.6 Å². The third kappa shape index (κ3) is 5.72. The third-order valence-electron chi connectivity index (χ3n) is 4.91. The number of anilines is 1. The van der Waals surface area contributed by atoms with Gasteiger partial charge in [0.2, 0.25) is 24.5 Å². The van der Waals surface area contributed by atoms with Gasteiger partial charge in [-0.3, -0.25) is 9.78 Å². The zero-order chi connectivity index (χ0) is 25.0. The van der Waals surface area contributed by atoms with Crippen LogP contribution in [0.1, 0.15) is 16.8 Å². The molecule has 0 unspecified atom stereocenters. The molecule has 180 valence electrons. The summed E-state index contributed by atoms with van der Waals surface area (Å²) in [6.45, 7) is 2.19. The van der Waals surface area contributed by atoms with Gasteiger partial charge in [-0.15, -0.1) is 0 Å². The minimum atomic E-state index is -4.52. The fourth-order valence-electron chi connectivity index (χ4n) is 3.29. The zero-order valence-electron chi connectivity index (χ0n) is 18.6. The second-order valence-electron chi connectivity index (χ2n) is 7.41. The molecular weight excluding hydrogens is 465 g/mol. The molecule has 1 aromatic carbocycles. The molecule has 4 aromatic rings. The molecule has 0 aliphatic rings. The highest BCUT2D eigenvalue weighted by Gasteiger charge is 2.30. The Bertz CT molecular complexity index is 1340. The average Bonchev–Trinajstić information content (AvgIpc) is 3.25. The summed E-state index contributed by atoms with van der Waals surface area (Å²) in [6.07, 6.45) is 0.207. The quantitative estimate of drug-likeness (QED) is 0.384. The van der Waals surface area contributed by atoms with E-state index in [1.807, 2.05) is 19.1 Å². The number of nitrogens with zero attached hydrogens (tertiary/aromatic N) is 5. The molecule has 4 rings (SSSR count). The zero-order valence-corrected chi connectivity index (χ0v) is 18.6. The topological polar surface area (TPSA) is 108 Å². The Balaban J connectivity index is 1.39. The number of nitrogens with one attached hydrogen (secondary N) is 1. The highest BCUT2D eigenvalue weighted by atomic mass is 19.4. The van der Waals surface area contributed by atoms with E-state index < -0.39 is 17.8 Å². The minimum Gasteiger partial charge on any atom is -0.481 e. The number of rotatable bonds is 6. The van der Waals surface area contributed by atoms with Crippen LogP contribution in [0.2, 0.25) is 0 Å². The summed E-state index contributed by atoms with van der Waals surface area (Å²) in [5, 5.41) is 9.72. The van der Waals surface area contributed by atoms with Crippen LogP contribution in [0, 0.1) is 6.92 Å². The lowest BCUT2D eigenvalue weighted by atomic mass is 10.0. The van der Waals surface area contributed by atoms with Crippen molar-refractivity contribution in [2.24, 2.45) is 0 Å². The summed E-state index contributed by atoms with van der Waals surface area (Å²) in [4.78, 5) is 20.7. The average molecular weight is 484 g/mol. The van der Waals surface area contributed by atoms with Crippen molar-refractivity contribution in [3.8, 4) is 17.0 Å². The van der Waals surface area contributed by atoms with E-state index in [0.29, 0.717) is 11.6 Å². The molecule has 0 radical (unpaired) electrons. The van der Waals surface area contributed by atoms with Crippen molar-refractivity contribution in [1.29, 1.82) is 0 Å². The van der Waals surface area contributed by atoms with Gasteiger partial charge in [0.05, 0.1) is 12.7 Å². The lowest BCUT2D eigenvalue weighted by molar-refractivity contribution is -0.755. The molecule has 0 fully saturated rings. The Kier molecular flexibility index (Phi) is 6.62. The Labute approximate surface area is 197 Å². The molecule has 35 heavy (non-hydrogen) atoms. The van der Waals surface area contributed by atoms with Crippen molar-refractivity contribution in [2.75, 3.05) is 12.4 Å². The smallest absolute Gasteiger partial charge is 0.416 e. The molecule has 2 amide bonds. The number of pyridine rings is 2. The highest BCUT2D eigenvalue weighted by molar-refractivity contribution is 6.03. The van der Waals surface area contributed by atoms with Gasteiger partial charge in [0.15, 0.2) is 11.3 Å². The van der Waals surface area contributed by atoms with E-state index in [9.17, 15) is 18.0 Å². The van der Waals surface area contributed by atoms with Gasteiger partial charge in [0.25, 0.3) is 0 Å². The lowest BCUT2D eigenvalue weighted by Crippen LogP contribution is -2.35. The normalized spacial score (nSPS) is 11.2. The molecule has 0 aliphatic carbocycles. The number of benzene rings is 1. The van der Waals surface area contributed by atoms with Gasteiger partial charge in [-0.2, -0.15) is 13.2 Å². The van der Waals surface area contributed by atoms with Crippen LogP contribution in [-0.2, 0) is 12.7 Å². The van der Waals surface area contributed by atoms with Gasteiger partial charge in [-0.25, -0.2) is 4.98 Å². The monoisotopic (exact) mass is 484 g/mol. The number of urea groups is 1. The van der Waals surface area contributed by atoms with Gasteiger partial charge in [0.1, 0.15) is 5.69 Å². The second-order valence-corrected chi connectivity index (χ2v) is 7.41. The molecule has 1 N–H and O–H groups in total. The summed E-state index contributed by atoms with van der Waals surface area (Å²) in [5.74, 6) is 0.377. The van der Waals surface area contributed by atoms with Crippen LogP contribution < -0.4 is 14.7 Å². The lowest BCUT2D eigenvalue weighted by Gasteiger charge is -2.15. The predicted octanol–water partition coefficient (Wildman–Crippen LogP) is 5.04. The first-order valence-corrected chi connectivity index (χ1v) is 10.2. The van der Waals surface area contributed by atoms with Crippen molar-refractivity contribution in [1.82, 2.24) is 15.2 Å². The largest absolute Gasteiger partial charge is 0.481 e. The minimum absolute atomic E-state index is 0.0502. The molecule has 3 heterocycles. The van der Waals surface area contributed by atoms with Gasteiger partial charge in [0, 0.05) is 23.5 Å². The van der Waals surface area contributed by atoms with Crippen molar-refractivity contribution < 1.29 is 31.9 Å². The number of halogens is 3. The second kappa shape index (κ2) is 9.79. The van der Waals surface area contributed by atoms with Gasteiger partial charge < -0.3 is 19.9 Å². The van der Waals surface area contributed by atoms with Crippen LogP contribution >= 0.6 is 0 Å². The molecule has 0 spiro atoms. The molecule has 0 aliphatic heterocycles. The fraction of sp³-hybridized carbons (Fsp3) is 0.174. The van der Waals surface area contributed by atoms with Crippen molar-refractivity contribution >= 4 is 17.6 Å². The fourth-order valence-corrected chi connectivity index (χ4v) is 3.29. The SMILES string of the molecule is COc1nccc(C)c1-c1ccc(C[n+]2cc([N-]C(=O)Nc3cccc(C(F)(F)F)c3)on2)nc1. The number of alkyl halides is 3. The Morgan fingerprint density at radius 2 is 2.03 bits per heavy atom. The summed E-state index contributed by atoms with van der Waals surface area (Å²) >= 11 is 0. The number of ether oxygens (including phenoxy) is 1. The molecule has 0 atom stereocenters. The maximum Gasteiger partial charge on any atom is 0.416 e. The Morgan fingerprint density at radius 1 is 1.20 bits per heavy atom. The number of hydrogen-bond donors (Lipinski definition) is 1. The number of carbonyl (C=O) groups excluding carboxylic acids is 1. The van der Waals surface area contributed by atoms with E-state index in [1.165, 1.54) is 23.0 Å². The standard InChI is InChI=1S/C23H19F3N6O3/c1-14-8-9-27-21(34-2)20(14)15-6-7-18(28-11-15)12-32-13-19(35-31-32)30-22(33)29-17-5-3-4-16(10-17)23(24,25)26/h3-11,13H,12H2,1-2H3,(H-,29,30,31,33). The van der Waals surface area contributed by atoms with Crippen LogP contribution in [0.4, 0.5) is 29.5 Å². The van der Waals surface area contributed by atoms with Crippen molar-refractivity contribution in [3.63, 3.8) is 0 Å². The van der Waals surface area contributed by atoms with E-state index in [1.54, 1.807) is 25.6 Å². The van der Waals surface area contributed by atoms with Crippen LogP contribution in [0.5, 0.6) is 5.88 Å². The number of hydrogen-bond acceptors (Lipinski definition) is 6. The van der Waals surface area contributed by atoms with E-state index in [-0.39, 0.29) is 18.1 Å². The van der Waals surface area contributed by atoms with E-state index >= 15 is 0 Å². The number of carbonyl (C=O) groups is 1. The molecule has 0 saturated heterocycles. The van der Waals surface area contributed by atoms with Crippen LogP contribution in [0.3, 0.4) is 0 Å². The number of aromatic nitrogens is 4. The van der Waals surface area contributed by atoms with E-state index in [0.717, 1.165) is 28.8 Å². The number of aryl methyl sites for hydroxylation is 1. The van der Waals surface area contributed by atoms with Crippen LogP contribution in [-0.4, -0.2) is 28.4 Å². The molecule has 9 nitrogen and oxygen atoms in total. The van der Waals surface area contributed by atoms with Crippen LogP contribution in [0.25, 0.3) is 16.4 Å². The summed E-state index contributed by atoms with van der Waals surface area (Å²) in [5.41, 5.74) is 2.40. The predicted molar refractivity (Wildman–Crippen MR) is 118 cm³/mol. The summed E-state index contributed by atoms with van der Waals surface area (Å²) in [7, 11) is 1.55. The molecule has 3 aromatic heterocycles. The molecule has 0 bridgehead atoms. The molecule has 12 heteroatoms. The Morgan fingerprint density at radius 3 is 2.74 bits per heavy atom.